The first-order valence-electron chi connectivity index (χ1n) is 5.23. The average Bonchev–Trinajstić information content (AvgIpc) is 2.39. The van der Waals surface area contributed by atoms with Gasteiger partial charge in [0, 0.05) is 24.5 Å². The molecule has 1 rings (SSSR count). The second-order valence-corrected chi connectivity index (χ2v) is 2.82. The SMILES string of the molecule is CCCN.O=C(O)/C=C\C(=O)O.c1ccncc1. The fourth-order valence-corrected chi connectivity index (χ4v) is 0.455. The van der Waals surface area contributed by atoms with Crippen LogP contribution in [0.2, 0.25) is 0 Å². The minimum Gasteiger partial charge on any atom is -0.478 e. The van der Waals surface area contributed by atoms with Gasteiger partial charge in [-0.15, -0.1) is 0 Å². The van der Waals surface area contributed by atoms with Crippen LogP contribution in [-0.4, -0.2) is 33.7 Å². The quantitative estimate of drug-likeness (QED) is 0.697. The summed E-state index contributed by atoms with van der Waals surface area (Å²) in [5.41, 5.74) is 5.03. The van der Waals surface area contributed by atoms with E-state index in [9.17, 15) is 9.59 Å². The van der Waals surface area contributed by atoms with Crippen molar-refractivity contribution in [1.82, 2.24) is 4.98 Å². The third-order valence-electron chi connectivity index (χ3n) is 1.22. The molecule has 100 valence electrons. The van der Waals surface area contributed by atoms with E-state index < -0.39 is 11.9 Å². The van der Waals surface area contributed by atoms with Crippen LogP contribution >= 0.6 is 0 Å². The molecule has 0 aliphatic heterocycles. The zero-order chi connectivity index (χ0) is 14.2. The van der Waals surface area contributed by atoms with Gasteiger partial charge in [-0.3, -0.25) is 4.98 Å². The van der Waals surface area contributed by atoms with E-state index in [-0.39, 0.29) is 0 Å². The van der Waals surface area contributed by atoms with Gasteiger partial charge in [0.1, 0.15) is 0 Å². The molecule has 0 radical (unpaired) electrons. The van der Waals surface area contributed by atoms with Gasteiger partial charge in [-0.05, 0) is 25.1 Å². The van der Waals surface area contributed by atoms with Gasteiger partial charge >= 0.3 is 11.9 Å². The largest absolute Gasteiger partial charge is 0.478 e. The lowest BCUT2D eigenvalue weighted by atomic mass is 10.5. The van der Waals surface area contributed by atoms with Crippen molar-refractivity contribution in [2.45, 2.75) is 13.3 Å². The number of nitrogens with zero attached hydrogens (tertiary/aromatic N) is 1. The number of carbonyl (C=O) groups is 2. The minimum atomic E-state index is -1.26. The molecule has 0 saturated heterocycles. The normalized spacial score (nSPS) is 8.56. The van der Waals surface area contributed by atoms with Crippen molar-refractivity contribution in [3.05, 3.63) is 42.7 Å². The molecule has 1 heterocycles. The number of hydrogen-bond acceptors (Lipinski definition) is 4. The van der Waals surface area contributed by atoms with Gasteiger partial charge in [0.15, 0.2) is 0 Å². The Hall–Kier alpha value is -2.21. The highest BCUT2D eigenvalue weighted by molar-refractivity contribution is 5.89. The number of aliphatic carboxylic acids is 2. The van der Waals surface area contributed by atoms with E-state index in [0.29, 0.717) is 12.2 Å². The summed E-state index contributed by atoms with van der Waals surface area (Å²) in [4.78, 5) is 22.9. The van der Waals surface area contributed by atoms with Gasteiger partial charge in [0.05, 0.1) is 0 Å². The zero-order valence-corrected chi connectivity index (χ0v) is 10.2. The number of carboxylic acid groups (broad SMARTS) is 2. The molecule has 18 heavy (non-hydrogen) atoms. The lowest BCUT2D eigenvalue weighted by Gasteiger charge is -1.74. The fraction of sp³-hybridized carbons (Fsp3) is 0.250. The number of aromatic nitrogens is 1. The Morgan fingerprint density at radius 1 is 1.11 bits per heavy atom. The van der Waals surface area contributed by atoms with Crippen LogP contribution in [0.25, 0.3) is 0 Å². The number of pyridine rings is 1. The molecule has 1 aromatic rings. The number of nitrogens with two attached hydrogens (primary N) is 1. The van der Waals surface area contributed by atoms with Crippen LogP contribution < -0.4 is 5.73 Å². The highest BCUT2D eigenvalue weighted by Crippen LogP contribution is 1.73. The predicted octanol–water partition coefficient (Wildman–Crippen LogP) is 1.15. The second-order valence-electron chi connectivity index (χ2n) is 2.82. The first kappa shape index (κ1) is 18.2. The Morgan fingerprint density at radius 3 is 1.61 bits per heavy atom. The van der Waals surface area contributed by atoms with Crippen LogP contribution in [0.3, 0.4) is 0 Å². The van der Waals surface area contributed by atoms with Crippen LogP contribution in [0.5, 0.6) is 0 Å². The first-order valence-corrected chi connectivity index (χ1v) is 5.23. The molecule has 0 spiro atoms. The molecule has 4 N–H and O–H groups in total. The van der Waals surface area contributed by atoms with E-state index in [1.165, 1.54) is 0 Å². The van der Waals surface area contributed by atoms with Crippen molar-refractivity contribution in [2.24, 2.45) is 5.73 Å². The van der Waals surface area contributed by atoms with Crippen LogP contribution in [0.4, 0.5) is 0 Å². The molecular formula is C12H18N2O4. The Bertz CT molecular complexity index is 294. The van der Waals surface area contributed by atoms with E-state index in [1.54, 1.807) is 12.4 Å². The average molecular weight is 254 g/mol. The van der Waals surface area contributed by atoms with Crippen molar-refractivity contribution >= 4 is 11.9 Å². The molecule has 0 aromatic carbocycles. The molecule has 6 heteroatoms. The standard InChI is InChI=1S/C5H5N.C4H4O4.C3H9N/c1-2-4-6-5-3-1;5-3(6)1-2-4(7)8;1-2-3-4/h1-5H;1-2H,(H,5,6)(H,7,8);2-4H2,1H3/b;2-1-;. The maximum Gasteiger partial charge on any atom is 0.328 e. The van der Waals surface area contributed by atoms with Crippen molar-refractivity contribution in [3.63, 3.8) is 0 Å². The van der Waals surface area contributed by atoms with Gasteiger partial charge in [-0.25, -0.2) is 9.59 Å². The molecular weight excluding hydrogens is 236 g/mol. The maximum atomic E-state index is 9.55. The van der Waals surface area contributed by atoms with Crippen LogP contribution in [0.1, 0.15) is 13.3 Å². The maximum absolute atomic E-state index is 9.55. The highest BCUT2D eigenvalue weighted by atomic mass is 16.4. The summed E-state index contributed by atoms with van der Waals surface area (Å²) in [5, 5.41) is 15.6. The van der Waals surface area contributed by atoms with Gasteiger partial charge in [0.25, 0.3) is 0 Å². The van der Waals surface area contributed by atoms with Gasteiger partial charge in [0.2, 0.25) is 0 Å². The minimum absolute atomic E-state index is 0.558. The van der Waals surface area contributed by atoms with Gasteiger partial charge in [-0.2, -0.15) is 0 Å². The molecule has 1 aromatic heterocycles. The van der Waals surface area contributed by atoms with Gasteiger partial charge in [-0.1, -0.05) is 13.0 Å². The summed E-state index contributed by atoms with van der Waals surface area (Å²) in [6.07, 6.45) is 5.71. The lowest BCUT2D eigenvalue weighted by Crippen LogP contribution is -1.93. The van der Waals surface area contributed by atoms with E-state index in [4.69, 9.17) is 15.9 Å². The molecule has 0 aliphatic carbocycles. The molecule has 0 aliphatic rings. The summed E-state index contributed by atoms with van der Waals surface area (Å²) in [6, 6.07) is 5.72. The molecule has 6 nitrogen and oxygen atoms in total. The molecule has 0 saturated carbocycles. The number of carboxylic acids is 2. The third kappa shape index (κ3) is 23.5. The molecule has 0 fully saturated rings. The zero-order valence-electron chi connectivity index (χ0n) is 10.2. The second kappa shape index (κ2) is 14.8. The van der Waals surface area contributed by atoms with Crippen LogP contribution in [0.15, 0.2) is 42.7 Å². The topological polar surface area (TPSA) is 114 Å². The Balaban J connectivity index is 0. The van der Waals surface area contributed by atoms with Gasteiger partial charge < -0.3 is 15.9 Å². The number of rotatable bonds is 3. The van der Waals surface area contributed by atoms with E-state index in [0.717, 1.165) is 13.0 Å². The van der Waals surface area contributed by atoms with E-state index >= 15 is 0 Å². The molecule has 0 atom stereocenters. The summed E-state index contributed by atoms with van der Waals surface area (Å²) in [6.45, 7) is 2.88. The summed E-state index contributed by atoms with van der Waals surface area (Å²) in [5.74, 6) is -2.51. The highest BCUT2D eigenvalue weighted by Gasteiger charge is 1.88. The molecule has 0 bridgehead atoms. The van der Waals surface area contributed by atoms with Crippen molar-refractivity contribution in [1.29, 1.82) is 0 Å². The number of hydrogen-bond donors (Lipinski definition) is 3. The molecule has 0 amide bonds. The van der Waals surface area contributed by atoms with Crippen molar-refractivity contribution < 1.29 is 19.8 Å². The smallest absolute Gasteiger partial charge is 0.328 e. The Kier molecular flexibility index (Phi) is 14.9. The third-order valence-corrected chi connectivity index (χ3v) is 1.22. The van der Waals surface area contributed by atoms with Crippen molar-refractivity contribution in [2.75, 3.05) is 6.54 Å². The Labute approximate surface area is 106 Å². The summed E-state index contributed by atoms with van der Waals surface area (Å²) in [7, 11) is 0. The molecule has 0 unspecified atom stereocenters. The van der Waals surface area contributed by atoms with Crippen LogP contribution in [-0.2, 0) is 9.59 Å². The summed E-state index contributed by atoms with van der Waals surface area (Å²) < 4.78 is 0. The monoisotopic (exact) mass is 254 g/mol. The van der Waals surface area contributed by atoms with Crippen LogP contribution in [0, 0.1) is 0 Å². The lowest BCUT2D eigenvalue weighted by molar-refractivity contribution is -0.134. The predicted molar refractivity (Wildman–Crippen MR) is 68.0 cm³/mol. The van der Waals surface area contributed by atoms with Crippen molar-refractivity contribution in [3.8, 4) is 0 Å². The fourth-order valence-electron chi connectivity index (χ4n) is 0.455. The summed E-state index contributed by atoms with van der Waals surface area (Å²) >= 11 is 0. The van der Waals surface area contributed by atoms with E-state index in [1.807, 2.05) is 18.2 Å². The van der Waals surface area contributed by atoms with E-state index in [2.05, 4.69) is 11.9 Å². The first-order chi connectivity index (χ1) is 8.54. The Morgan fingerprint density at radius 2 is 1.50 bits per heavy atom.